The Morgan fingerprint density at radius 3 is 2.62 bits per heavy atom. The minimum atomic E-state index is -0.147. The highest BCUT2D eigenvalue weighted by atomic mass is 16.5. The van der Waals surface area contributed by atoms with E-state index in [9.17, 15) is 4.79 Å². The largest absolute Gasteiger partial charge is 0.496 e. The molecule has 0 heterocycles. The highest BCUT2D eigenvalue weighted by molar-refractivity contribution is 6.01. The molecule has 110 valence electrons. The van der Waals surface area contributed by atoms with Crippen LogP contribution in [0.25, 0.3) is 0 Å². The zero-order valence-electron chi connectivity index (χ0n) is 12.6. The Hall–Kier alpha value is -2.49. The number of carbonyl (C=O) groups is 1. The number of amides is 1. The van der Waals surface area contributed by atoms with Crippen molar-refractivity contribution in [3.63, 3.8) is 0 Å². The summed E-state index contributed by atoms with van der Waals surface area (Å²) < 4.78 is 5.24. The molecule has 0 unspecified atom stereocenters. The first kappa shape index (κ1) is 14.9. The average Bonchev–Trinajstić information content (AvgIpc) is 2.46. The van der Waals surface area contributed by atoms with Crippen molar-refractivity contribution in [2.24, 2.45) is 0 Å². The third-order valence-corrected chi connectivity index (χ3v) is 3.34. The summed E-state index contributed by atoms with van der Waals surface area (Å²) in [7, 11) is 3.29. The van der Waals surface area contributed by atoms with Gasteiger partial charge in [-0.1, -0.05) is 35.9 Å². The predicted octanol–water partition coefficient (Wildman–Crippen LogP) is 2.86. The summed E-state index contributed by atoms with van der Waals surface area (Å²) in [4.78, 5) is 14.2. The van der Waals surface area contributed by atoms with E-state index in [1.165, 1.54) is 12.7 Å². The Morgan fingerprint density at radius 2 is 1.95 bits per heavy atom. The number of nitrogen functional groups attached to an aromatic ring is 1. The molecule has 0 bridgehead atoms. The normalized spacial score (nSPS) is 10.2. The van der Waals surface area contributed by atoms with Gasteiger partial charge in [0.1, 0.15) is 11.3 Å². The Balaban J connectivity index is 2.24. The Bertz CT molecular complexity index is 653. The molecule has 2 aromatic rings. The number of benzene rings is 2. The van der Waals surface area contributed by atoms with Gasteiger partial charge < -0.3 is 15.4 Å². The van der Waals surface area contributed by atoms with Gasteiger partial charge in [0.05, 0.1) is 7.11 Å². The summed E-state index contributed by atoms with van der Waals surface area (Å²) in [6, 6.07) is 13.3. The number of ether oxygens (including phenoxy) is 1. The van der Waals surface area contributed by atoms with Gasteiger partial charge in [-0.25, -0.2) is 0 Å². The van der Waals surface area contributed by atoms with Crippen molar-refractivity contribution in [3.05, 3.63) is 59.2 Å². The van der Waals surface area contributed by atoms with Crippen LogP contribution in [0.3, 0.4) is 0 Å². The van der Waals surface area contributed by atoms with Crippen LogP contribution in [0.2, 0.25) is 0 Å². The number of hydrogen-bond acceptors (Lipinski definition) is 3. The molecule has 0 spiro atoms. The minimum absolute atomic E-state index is 0.147. The van der Waals surface area contributed by atoms with Crippen molar-refractivity contribution >= 4 is 11.6 Å². The maximum absolute atomic E-state index is 12.6. The van der Waals surface area contributed by atoms with Crippen molar-refractivity contribution < 1.29 is 9.53 Å². The van der Waals surface area contributed by atoms with Gasteiger partial charge >= 0.3 is 0 Å². The zero-order valence-corrected chi connectivity index (χ0v) is 12.6. The number of nitrogens with zero attached hydrogens (tertiary/aromatic N) is 1. The smallest absolute Gasteiger partial charge is 0.259 e. The van der Waals surface area contributed by atoms with Crippen LogP contribution in [0.1, 0.15) is 21.5 Å². The van der Waals surface area contributed by atoms with Crippen LogP contribution in [0.15, 0.2) is 42.5 Å². The molecule has 2 rings (SSSR count). The lowest BCUT2D eigenvalue weighted by atomic mass is 10.1. The first-order valence-electron chi connectivity index (χ1n) is 6.76. The van der Waals surface area contributed by atoms with E-state index in [1.54, 1.807) is 30.1 Å². The molecule has 0 fully saturated rings. The zero-order chi connectivity index (χ0) is 15.4. The number of nitrogens with two attached hydrogens (primary N) is 1. The van der Waals surface area contributed by atoms with Crippen LogP contribution in [0.5, 0.6) is 5.75 Å². The monoisotopic (exact) mass is 284 g/mol. The van der Waals surface area contributed by atoms with Gasteiger partial charge in [0.2, 0.25) is 0 Å². The van der Waals surface area contributed by atoms with Crippen molar-refractivity contribution in [1.29, 1.82) is 0 Å². The van der Waals surface area contributed by atoms with Crippen LogP contribution < -0.4 is 10.5 Å². The SMILES string of the molecule is COc1cccc(N)c1C(=O)N(C)Cc1cccc(C)c1. The van der Waals surface area contributed by atoms with E-state index < -0.39 is 0 Å². The molecule has 0 aliphatic heterocycles. The molecule has 0 aliphatic carbocycles. The molecular formula is C17H20N2O2. The maximum atomic E-state index is 12.6. The van der Waals surface area contributed by atoms with E-state index in [1.807, 2.05) is 25.1 Å². The Morgan fingerprint density at radius 1 is 1.24 bits per heavy atom. The first-order chi connectivity index (χ1) is 10.0. The van der Waals surface area contributed by atoms with Crippen molar-refractivity contribution in [2.45, 2.75) is 13.5 Å². The molecule has 1 amide bonds. The number of anilines is 1. The lowest BCUT2D eigenvalue weighted by molar-refractivity contribution is 0.0783. The second-order valence-electron chi connectivity index (χ2n) is 5.07. The van der Waals surface area contributed by atoms with Crippen LogP contribution in [0, 0.1) is 6.92 Å². The molecule has 0 saturated heterocycles. The third-order valence-electron chi connectivity index (χ3n) is 3.34. The first-order valence-corrected chi connectivity index (χ1v) is 6.76. The molecule has 0 atom stereocenters. The molecule has 0 aliphatic rings. The quantitative estimate of drug-likeness (QED) is 0.878. The summed E-state index contributed by atoms with van der Waals surface area (Å²) in [6.07, 6.45) is 0. The van der Waals surface area contributed by atoms with Crippen molar-refractivity contribution in [3.8, 4) is 5.75 Å². The maximum Gasteiger partial charge on any atom is 0.259 e. The highest BCUT2D eigenvalue weighted by Gasteiger charge is 2.19. The second-order valence-corrected chi connectivity index (χ2v) is 5.07. The Labute approximate surface area is 125 Å². The van der Waals surface area contributed by atoms with Gasteiger partial charge in [-0.2, -0.15) is 0 Å². The standard InChI is InChI=1S/C17H20N2O2/c1-12-6-4-7-13(10-12)11-19(2)17(20)16-14(18)8-5-9-15(16)21-3/h4-10H,11,18H2,1-3H3. The molecule has 2 N–H and O–H groups in total. The number of methoxy groups -OCH3 is 1. The molecule has 4 nitrogen and oxygen atoms in total. The molecule has 2 aromatic carbocycles. The molecule has 0 saturated carbocycles. The van der Waals surface area contributed by atoms with Crippen molar-refractivity contribution in [1.82, 2.24) is 4.90 Å². The highest BCUT2D eigenvalue weighted by Crippen LogP contribution is 2.25. The summed E-state index contributed by atoms with van der Waals surface area (Å²) in [5.41, 5.74) is 9.02. The van der Waals surface area contributed by atoms with Crippen LogP contribution in [-0.4, -0.2) is 25.0 Å². The number of carbonyl (C=O) groups excluding carboxylic acids is 1. The van der Waals surface area contributed by atoms with Gasteiger partial charge in [0.25, 0.3) is 5.91 Å². The predicted molar refractivity (Wildman–Crippen MR) is 84.4 cm³/mol. The number of hydrogen-bond donors (Lipinski definition) is 1. The third kappa shape index (κ3) is 3.34. The van der Waals surface area contributed by atoms with E-state index in [4.69, 9.17) is 10.5 Å². The van der Waals surface area contributed by atoms with Crippen LogP contribution in [-0.2, 0) is 6.54 Å². The summed E-state index contributed by atoms with van der Waals surface area (Å²) >= 11 is 0. The summed E-state index contributed by atoms with van der Waals surface area (Å²) in [5, 5.41) is 0. The van der Waals surface area contributed by atoms with E-state index in [2.05, 4.69) is 6.07 Å². The summed E-state index contributed by atoms with van der Waals surface area (Å²) in [5.74, 6) is 0.350. The Kier molecular flexibility index (Phi) is 4.48. The lowest BCUT2D eigenvalue weighted by Gasteiger charge is -2.20. The van der Waals surface area contributed by atoms with Gasteiger partial charge in [-0.3, -0.25) is 4.79 Å². The lowest BCUT2D eigenvalue weighted by Crippen LogP contribution is -2.27. The fourth-order valence-electron chi connectivity index (χ4n) is 2.29. The minimum Gasteiger partial charge on any atom is -0.496 e. The summed E-state index contributed by atoms with van der Waals surface area (Å²) in [6.45, 7) is 2.56. The fourth-order valence-corrected chi connectivity index (χ4v) is 2.29. The van der Waals surface area contributed by atoms with Gasteiger partial charge in [-0.05, 0) is 24.6 Å². The average molecular weight is 284 g/mol. The van der Waals surface area contributed by atoms with Gasteiger partial charge in [0.15, 0.2) is 0 Å². The second kappa shape index (κ2) is 6.31. The fraction of sp³-hybridized carbons (Fsp3) is 0.235. The number of aryl methyl sites for hydroxylation is 1. The molecule has 0 radical (unpaired) electrons. The van der Waals surface area contributed by atoms with E-state index in [0.717, 1.165) is 5.56 Å². The van der Waals surface area contributed by atoms with Crippen LogP contribution >= 0.6 is 0 Å². The molecular weight excluding hydrogens is 264 g/mol. The molecule has 4 heteroatoms. The number of rotatable bonds is 4. The van der Waals surface area contributed by atoms with Crippen molar-refractivity contribution in [2.75, 3.05) is 19.9 Å². The topological polar surface area (TPSA) is 55.6 Å². The van der Waals surface area contributed by atoms with Gasteiger partial charge in [0, 0.05) is 19.3 Å². The molecule has 0 aromatic heterocycles. The van der Waals surface area contributed by atoms with E-state index in [0.29, 0.717) is 23.5 Å². The molecule has 21 heavy (non-hydrogen) atoms. The van der Waals surface area contributed by atoms with E-state index in [-0.39, 0.29) is 5.91 Å². The van der Waals surface area contributed by atoms with E-state index >= 15 is 0 Å². The van der Waals surface area contributed by atoms with Crippen LogP contribution in [0.4, 0.5) is 5.69 Å². The van der Waals surface area contributed by atoms with Gasteiger partial charge in [-0.15, -0.1) is 0 Å².